The van der Waals surface area contributed by atoms with Gasteiger partial charge in [0.25, 0.3) is 5.91 Å². The molecule has 124 valence electrons. The van der Waals surface area contributed by atoms with Gasteiger partial charge in [-0.1, -0.05) is 11.6 Å². The molecule has 2 heterocycles. The van der Waals surface area contributed by atoms with E-state index >= 15 is 0 Å². The molecule has 0 unspecified atom stereocenters. The highest BCUT2D eigenvalue weighted by molar-refractivity contribution is 7.15. The number of benzene rings is 1. The van der Waals surface area contributed by atoms with Crippen LogP contribution in [0.1, 0.15) is 15.4 Å². The highest BCUT2D eigenvalue weighted by Crippen LogP contribution is 2.21. The van der Waals surface area contributed by atoms with E-state index in [1.165, 1.54) is 34.2 Å². The number of hydrogen-bond acceptors (Lipinski definition) is 5. The van der Waals surface area contributed by atoms with Crippen LogP contribution in [0.15, 0.2) is 36.7 Å². The SMILES string of the molecule is Cc1cnc(NC(=O)c2ccn(COc3ccc(F)c(Cl)c3)n2)s1. The lowest BCUT2D eigenvalue weighted by atomic mass is 10.3. The molecule has 0 spiro atoms. The molecule has 1 N–H and O–H groups in total. The molecule has 0 radical (unpaired) electrons. The summed E-state index contributed by atoms with van der Waals surface area (Å²) in [4.78, 5) is 17.1. The van der Waals surface area contributed by atoms with Crippen LogP contribution in [-0.2, 0) is 6.73 Å². The number of carbonyl (C=O) groups is 1. The Morgan fingerprint density at radius 2 is 2.29 bits per heavy atom. The Kier molecular flexibility index (Phi) is 4.77. The third-order valence-corrected chi connectivity index (χ3v) is 4.09. The van der Waals surface area contributed by atoms with Gasteiger partial charge < -0.3 is 4.74 Å². The molecular formula is C15H12ClFN4O2S. The second kappa shape index (κ2) is 6.98. The molecule has 24 heavy (non-hydrogen) atoms. The first-order valence-corrected chi connectivity index (χ1v) is 8.06. The van der Waals surface area contributed by atoms with E-state index in [0.717, 1.165) is 4.88 Å². The highest BCUT2D eigenvalue weighted by Gasteiger charge is 2.12. The number of anilines is 1. The molecule has 9 heteroatoms. The van der Waals surface area contributed by atoms with E-state index in [1.807, 2.05) is 6.92 Å². The van der Waals surface area contributed by atoms with Gasteiger partial charge in [0.2, 0.25) is 0 Å². The van der Waals surface area contributed by atoms with Crippen molar-refractivity contribution in [1.82, 2.24) is 14.8 Å². The molecule has 0 aliphatic rings. The van der Waals surface area contributed by atoms with Crippen molar-refractivity contribution >= 4 is 34.0 Å². The smallest absolute Gasteiger partial charge is 0.277 e. The molecule has 2 aromatic heterocycles. The average Bonchev–Trinajstić information content (AvgIpc) is 3.18. The van der Waals surface area contributed by atoms with Gasteiger partial charge >= 0.3 is 0 Å². The van der Waals surface area contributed by atoms with Gasteiger partial charge in [-0.2, -0.15) is 5.10 Å². The second-order valence-corrected chi connectivity index (χ2v) is 6.46. The molecule has 0 saturated carbocycles. The van der Waals surface area contributed by atoms with E-state index in [1.54, 1.807) is 18.5 Å². The first-order valence-electron chi connectivity index (χ1n) is 6.86. The van der Waals surface area contributed by atoms with Crippen LogP contribution in [-0.4, -0.2) is 20.7 Å². The fourth-order valence-electron chi connectivity index (χ4n) is 1.84. The van der Waals surface area contributed by atoms with Crippen LogP contribution in [0.5, 0.6) is 5.75 Å². The minimum atomic E-state index is -0.514. The van der Waals surface area contributed by atoms with E-state index in [4.69, 9.17) is 16.3 Å². The quantitative estimate of drug-likeness (QED) is 0.747. The Hall–Kier alpha value is -2.45. The predicted molar refractivity (Wildman–Crippen MR) is 89.1 cm³/mol. The summed E-state index contributed by atoms with van der Waals surface area (Å²) in [5.74, 6) is -0.464. The number of aromatic nitrogens is 3. The first-order chi connectivity index (χ1) is 11.5. The topological polar surface area (TPSA) is 69.0 Å². The van der Waals surface area contributed by atoms with Gasteiger partial charge in [0.1, 0.15) is 11.6 Å². The highest BCUT2D eigenvalue weighted by atomic mass is 35.5. The lowest BCUT2D eigenvalue weighted by molar-refractivity contribution is 0.102. The summed E-state index contributed by atoms with van der Waals surface area (Å²) in [7, 11) is 0. The number of ether oxygens (including phenoxy) is 1. The van der Waals surface area contributed by atoms with Crippen LogP contribution in [0, 0.1) is 12.7 Å². The number of hydrogen-bond donors (Lipinski definition) is 1. The van der Waals surface area contributed by atoms with E-state index < -0.39 is 5.82 Å². The Morgan fingerprint density at radius 3 is 3.00 bits per heavy atom. The van der Waals surface area contributed by atoms with Crippen LogP contribution < -0.4 is 10.1 Å². The van der Waals surface area contributed by atoms with Crippen LogP contribution in [0.25, 0.3) is 0 Å². The van der Waals surface area contributed by atoms with E-state index in [2.05, 4.69) is 15.4 Å². The number of nitrogens with zero attached hydrogens (tertiary/aromatic N) is 3. The monoisotopic (exact) mass is 366 g/mol. The molecule has 0 atom stereocenters. The zero-order chi connectivity index (χ0) is 17.1. The summed E-state index contributed by atoms with van der Waals surface area (Å²) in [6, 6.07) is 5.62. The maximum Gasteiger partial charge on any atom is 0.277 e. The molecule has 3 aromatic rings. The van der Waals surface area contributed by atoms with Gasteiger partial charge in [-0.25, -0.2) is 14.1 Å². The average molecular weight is 367 g/mol. The largest absolute Gasteiger partial charge is 0.471 e. The van der Waals surface area contributed by atoms with E-state index in [9.17, 15) is 9.18 Å². The predicted octanol–water partition coefficient (Wildman–Crippen LogP) is 3.73. The fourth-order valence-corrected chi connectivity index (χ4v) is 2.67. The van der Waals surface area contributed by atoms with E-state index in [-0.39, 0.29) is 23.4 Å². The molecule has 3 rings (SSSR count). The molecule has 0 aliphatic carbocycles. The molecule has 6 nitrogen and oxygen atoms in total. The summed E-state index contributed by atoms with van der Waals surface area (Å²) in [5.41, 5.74) is 0.239. The molecule has 1 amide bonds. The normalized spacial score (nSPS) is 10.6. The van der Waals surface area contributed by atoms with Gasteiger partial charge in [0, 0.05) is 23.3 Å². The van der Waals surface area contributed by atoms with Crippen LogP contribution in [0.3, 0.4) is 0 Å². The van der Waals surface area contributed by atoms with Crippen LogP contribution in [0.4, 0.5) is 9.52 Å². The lowest BCUT2D eigenvalue weighted by Gasteiger charge is -2.06. The number of rotatable bonds is 5. The van der Waals surface area contributed by atoms with Crippen LogP contribution >= 0.6 is 22.9 Å². The Bertz CT molecular complexity index is 880. The molecule has 0 saturated heterocycles. The first kappa shape index (κ1) is 16.4. The van der Waals surface area contributed by atoms with Crippen molar-refractivity contribution in [3.63, 3.8) is 0 Å². The maximum absolute atomic E-state index is 13.1. The Balaban J connectivity index is 1.60. The minimum Gasteiger partial charge on any atom is -0.471 e. The van der Waals surface area contributed by atoms with Crippen molar-refractivity contribution in [2.45, 2.75) is 13.7 Å². The lowest BCUT2D eigenvalue weighted by Crippen LogP contribution is -2.14. The molecular weight excluding hydrogens is 355 g/mol. The van der Waals surface area contributed by atoms with Gasteiger partial charge in [0.05, 0.1) is 5.02 Å². The standard InChI is InChI=1S/C15H12ClFN4O2S/c1-9-7-18-15(24-9)19-14(22)13-4-5-21(20-13)8-23-10-2-3-12(17)11(16)6-10/h2-7H,8H2,1H3,(H,18,19,22). The number of halogens is 2. The fraction of sp³-hybridized carbons (Fsp3) is 0.133. The number of amides is 1. The molecule has 1 aromatic carbocycles. The zero-order valence-corrected chi connectivity index (χ0v) is 14.1. The van der Waals surface area contributed by atoms with Crippen molar-refractivity contribution in [1.29, 1.82) is 0 Å². The molecule has 0 aliphatic heterocycles. The summed E-state index contributed by atoms with van der Waals surface area (Å²) >= 11 is 7.07. The van der Waals surface area contributed by atoms with Gasteiger partial charge in [0.15, 0.2) is 17.6 Å². The number of aryl methyl sites for hydroxylation is 1. The number of carbonyl (C=O) groups excluding carboxylic acids is 1. The van der Waals surface area contributed by atoms with Crippen molar-refractivity contribution in [3.05, 3.63) is 58.1 Å². The zero-order valence-electron chi connectivity index (χ0n) is 12.5. The van der Waals surface area contributed by atoms with Gasteiger partial charge in [-0.05, 0) is 25.1 Å². The van der Waals surface area contributed by atoms with Crippen molar-refractivity contribution in [2.75, 3.05) is 5.32 Å². The van der Waals surface area contributed by atoms with Crippen LogP contribution in [0.2, 0.25) is 5.02 Å². The van der Waals surface area contributed by atoms with Crippen molar-refractivity contribution in [3.8, 4) is 5.75 Å². The molecule has 0 fully saturated rings. The Labute approximate surface area is 145 Å². The summed E-state index contributed by atoms with van der Waals surface area (Å²) < 4.78 is 20.0. The minimum absolute atomic E-state index is 0.0215. The maximum atomic E-state index is 13.1. The summed E-state index contributed by atoms with van der Waals surface area (Å²) in [6.07, 6.45) is 3.29. The van der Waals surface area contributed by atoms with E-state index in [0.29, 0.717) is 10.9 Å². The third-order valence-electron chi connectivity index (χ3n) is 2.97. The summed E-state index contributed by atoms with van der Waals surface area (Å²) in [5, 5.41) is 7.29. The van der Waals surface area contributed by atoms with Crippen molar-refractivity contribution in [2.24, 2.45) is 0 Å². The molecule has 0 bridgehead atoms. The summed E-state index contributed by atoms with van der Waals surface area (Å²) in [6.45, 7) is 1.96. The Morgan fingerprint density at radius 1 is 1.46 bits per heavy atom. The second-order valence-electron chi connectivity index (χ2n) is 4.82. The van der Waals surface area contributed by atoms with Crippen molar-refractivity contribution < 1.29 is 13.9 Å². The third kappa shape index (κ3) is 3.90. The number of thiazole rings is 1. The van der Waals surface area contributed by atoms with Gasteiger partial charge in [-0.3, -0.25) is 10.1 Å². The van der Waals surface area contributed by atoms with Gasteiger partial charge in [-0.15, -0.1) is 11.3 Å². The number of nitrogens with one attached hydrogen (secondary N) is 1.